The van der Waals surface area contributed by atoms with Gasteiger partial charge in [0.15, 0.2) is 5.82 Å². The number of benzene rings is 1. The van der Waals surface area contributed by atoms with Gasteiger partial charge in [0, 0.05) is 12.4 Å². The highest BCUT2D eigenvalue weighted by Crippen LogP contribution is 2.36. The van der Waals surface area contributed by atoms with Gasteiger partial charge in [0.05, 0.1) is 6.04 Å². The first-order chi connectivity index (χ1) is 14.2. The maximum atomic E-state index is 4.44. The van der Waals surface area contributed by atoms with Crippen LogP contribution < -0.4 is 5.32 Å². The second-order valence-electron chi connectivity index (χ2n) is 7.38. The minimum Gasteiger partial charge on any atom is -0.358 e. The molecular formula is C26H31N3. The van der Waals surface area contributed by atoms with Crippen LogP contribution in [0.15, 0.2) is 67.0 Å². The van der Waals surface area contributed by atoms with Crippen molar-refractivity contribution >= 4 is 17.5 Å². The number of aromatic nitrogens is 2. The fourth-order valence-electron chi connectivity index (χ4n) is 3.87. The summed E-state index contributed by atoms with van der Waals surface area (Å²) in [5.41, 5.74) is 7.60. The van der Waals surface area contributed by atoms with Gasteiger partial charge in [-0.2, -0.15) is 0 Å². The second kappa shape index (κ2) is 9.51. The van der Waals surface area contributed by atoms with Gasteiger partial charge in [0.2, 0.25) is 0 Å². The van der Waals surface area contributed by atoms with Crippen LogP contribution in [-0.2, 0) is 6.42 Å². The van der Waals surface area contributed by atoms with E-state index in [-0.39, 0.29) is 6.04 Å². The number of anilines is 1. The third-order valence-electron chi connectivity index (χ3n) is 5.33. The zero-order valence-corrected chi connectivity index (χ0v) is 17.9. The van der Waals surface area contributed by atoms with Gasteiger partial charge in [-0.3, -0.25) is 4.98 Å². The van der Waals surface area contributed by atoms with Crippen molar-refractivity contribution in [1.29, 1.82) is 0 Å². The van der Waals surface area contributed by atoms with Gasteiger partial charge >= 0.3 is 0 Å². The minimum absolute atomic E-state index is 0.112. The number of nitrogens with zero attached hydrogens (tertiary/aromatic N) is 2. The van der Waals surface area contributed by atoms with Crippen LogP contribution in [0.25, 0.3) is 11.6 Å². The van der Waals surface area contributed by atoms with Crippen molar-refractivity contribution < 1.29 is 0 Å². The van der Waals surface area contributed by atoms with Gasteiger partial charge < -0.3 is 5.32 Å². The number of hydrogen-bond acceptors (Lipinski definition) is 3. The molecule has 4 rings (SSSR count). The molecule has 1 N–H and O–H groups in total. The van der Waals surface area contributed by atoms with Crippen molar-refractivity contribution in [2.24, 2.45) is 5.92 Å². The third-order valence-corrected chi connectivity index (χ3v) is 5.33. The molecule has 2 atom stereocenters. The Kier molecular flexibility index (Phi) is 6.82. The Hall–Kier alpha value is -2.94. The van der Waals surface area contributed by atoms with Crippen molar-refractivity contribution in [3.63, 3.8) is 0 Å². The Balaban J connectivity index is 0.00000117. The van der Waals surface area contributed by atoms with E-state index in [0.29, 0.717) is 5.92 Å². The van der Waals surface area contributed by atoms with Crippen LogP contribution in [0.2, 0.25) is 0 Å². The normalized spacial score (nSPS) is 19.7. The lowest BCUT2D eigenvalue weighted by Crippen LogP contribution is -2.25. The fraction of sp³-hybridized carbons (Fsp3) is 0.308. The predicted octanol–water partition coefficient (Wildman–Crippen LogP) is 6.40. The van der Waals surface area contributed by atoms with E-state index in [1.165, 1.54) is 27.8 Å². The average Bonchev–Trinajstić information content (AvgIpc) is 2.76. The smallest absolute Gasteiger partial charge is 0.152 e. The lowest BCUT2D eigenvalue weighted by molar-refractivity contribution is 0.738. The summed E-state index contributed by atoms with van der Waals surface area (Å²) in [5.74, 6) is 1.39. The molecule has 1 aliphatic carbocycles. The molecule has 1 aromatic carbocycles. The Bertz CT molecular complexity index is 966. The summed E-state index contributed by atoms with van der Waals surface area (Å²) in [6.45, 7) is 12.3. The van der Waals surface area contributed by atoms with Crippen LogP contribution in [0.3, 0.4) is 0 Å². The Labute approximate surface area is 175 Å². The number of allylic oxidation sites excluding steroid dienone is 3. The minimum atomic E-state index is 0.112. The number of fused-ring (bicyclic) bond motifs is 1. The lowest BCUT2D eigenvalue weighted by Gasteiger charge is -2.28. The van der Waals surface area contributed by atoms with Crippen LogP contribution in [0.1, 0.15) is 49.6 Å². The highest BCUT2D eigenvalue weighted by molar-refractivity contribution is 5.77. The van der Waals surface area contributed by atoms with Gasteiger partial charge in [-0.25, -0.2) is 4.98 Å². The van der Waals surface area contributed by atoms with Crippen LogP contribution in [0.5, 0.6) is 0 Å². The van der Waals surface area contributed by atoms with Crippen molar-refractivity contribution in [3.05, 3.63) is 89.4 Å². The van der Waals surface area contributed by atoms with Crippen molar-refractivity contribution in [3.8, 4) is 0 Å². The first-order valence-corrected chi connectivity index (χ1v) is 10.5. The zero-order chi connectivity index (χ0) is 20.8. The van der Waals surface area contributed by atoms with E-state index in [2.05, 4.69) is 78.2 Å². The molecule has 2 unspecified atom stereocenters. The lowest BCUT2D eigenvalue weighted by atomic mass is 9.82. The first-order valence-electron chi connectivity index (χ1n) is 10.5. The van der Waals surface area contributed by atoms with E-state index in [1.807, 2.05) is 19.9 Å². The largest absolute Gasteiger partial charge is 0.358 e. The summed E-state index contributed by atoms with van der Waals surface area (Å²) in [4.78, 5) is 8.82. The maximum absolute atomic E-state index is 4.44. The summed E-state index contributed by atoms with van der Waals surface area (Å²) in [6, 6.07) is 6.93. The van der Waals surface area contributed by atoms with Crippen molar-refractivity contribution in [2.45, 2.75) is 46.6 Å². The average molecular weight is 386 g/mol. The molecule has 2 aromatic rings. The molecule has 1 aliphatic heterocycles. The molecule has 0 radical (unpaired) electrons. The van der Waals surface area contributed by atoms with Gasteiger partial charge in [-0.1, -0.05) is 63.3 Å². The van der Waals surface area contributed by atoms with Crippen LogP contribution in [0, 0.1) is 12.8 Å². The summed E-state index contributed by atoms with van der Waals surface area (Å²) in [5, 5.41) is 3.54. The first kappa shape index (κ1) is 20.8. The molecule has 1 aromatic heterocycles. The van der Waals surface area contributed by atoms with Gasteiger partial charge in [0.1, 0.15) is 5.69 Å². The highest BCUT2D eigenvalue weighted by Gasteiger charge is 2.23. The molecule has 2 aliphatic rings. The quantitative estimate of drug-likeness (QED) is 0.619. The number of aryl methyl sites for hydroxylation is 1. The number of hydrogen-bond donors (Lipinski definition) is 1. The Morgan fingerprint density at radius 1 is 1.14 bits per heavy atom. The SMILES string of the molecule is C=CCc1ccc(C2=C(C3C=Cc4nccnc4N3)C=CC(C)C2)cc1C.CC. The van der Waals surface area contributed by atoms with Gasteiger partial charge in [-0.05, 0) is 59.6 Å². The molecule has 3 heteroatoms. The summed E-state index contributed by atoms with van der Waals surface area (Å²) < 4.78 is 0. The van der Waals surface area contributed by atoms with Gasteiger partial charge in [0.25, 0.3) is 0 Å². The molecule has 0 spiro atoms. The van der Waals surface area contributed by atoms with E-state index in [1.54, 1.807) is 12.4 Å². The zero-order valence-electron chi connectivity index (χ0n) is 17.9. The van der Waals surface area contributed by atoms with Crippen LogP contribution >= 0.6 is 0 Å². The monoisotopic (exact) mass is 385 g/mol. The molecule has 150 valence electrons. The number of nitrogens with one attached hydrogen (secondary N) is 1. The molecular weight excluding hydrogens is 354 g/mol. The molecule has 3 nitrogen and oxygen atoms in total. The van der Waals surface area contributed by atoms with E-state index in [0.717, 1.165) is 24.4 Å². The summed E-state index contributed by atoms with van der Waals surface area (Å²) >= 11 is 0. The maximum Gasteiger partial charge on any atom is 0.152 e. The second-order valence-corrected chi connectivity index (χ2v) is 7.38. The topological polar surface area (TPSA) is 37.8 Å². The van der Waals surface area contributed by atoms with E-state index in [4.69, 9.17) is 0 Å². The molecule has 0 bridgehead atoms. The Morgan fingerprint density at radius 2 is 1.93 bits per heavy atom. The standard InChI is InChI=1S/C24H25N3.C2H6/c1-4-5-18-7-8-19(15-17(18)3)21-14-16(2)6-9-20(21)22-10-11-23-24(27-22)26-13-12-25-23;1-2/h4,6-13,15-16,22H,1,5,14H2,2-3H3,(H,26,27);1-2H3. The summed E-state index contributed by atoms with van der Waals surface area (Å²) in [6.07, 6.45) is 16.2. The molecule has 0 saturated heterocycles. The van der Waals surface area contributed by atoms with Crippen LogP contribution in [0.4, 0.5) is 5.82 Å². The molecule has 29 heavy (non-hydrogen) atoms. The molecule has 0 amide bonds. The summed E-state index contributed by atoms with van der Waals surface area (Å²) in [7, 11) is 0. The van der Waals surface area contributed by atoms with E-state index < -0.39 is 0 Å². The molecule has 0 fully saturated rings. The van der Waals surface area contributed by atoms with Crippen molar-refractivity contribution in [2.75, 3.05) is 5.32 Å². The van der Waals surface area contributed by atoms with Crippen LogP contribution in [-0.4, -0.2) is 16.0 Å². The van der Waals surface area contributed by atoms with Gasteiger partial charge in [-0.15, -0.1) is 6.58 Å². The van der Waals surface area contributed by atoms with Crippen molar-refractivity contribution in [1.82, 2.24) is 9.97 Å². The Morgan fingerprint density at radius 3 is 2.69 bits per heavy atom. The highest BCUT2D eigenvalue weighted by atomic mass is 15.0. The fourth-order valence-corrected chi connectivity index (χ4v) is 3.87. The number of rotatable bonds is 4. The molecule has 0 saturated carbocycles. The van der Waals surface area contributed by atoms with E-state index in [9.17, 15) is 0 Å². The third kappa shape index (κ3) is 4.56. The van der Waals surface area contributed by atoms with E-state index >= 15 is 0 Å². The molecule has 2 heterocycles. The predicted molar refractivity (Wildman–Crippen MR) is 125 cm³/mol.